The number of benzene rings is 3. The van der Waals surface area contributed by atoms with Gasteiger partial charge in [-0.05, 0) is 41.8 Å². The monoisotopic (exact) mass is 404 g/mol. The Labute approximate surface area is 175 Å². The molecule has 0 bridgehead atoms. The van der Waals surface area contributed by atoms with E-state index in [9.17, 15) is 14.7 Å². The van der Waals surface area contributed by atoms with E-state index in [1.807, 2.05) is 42.5 Å². The highest BCUT2D eigenvalue weighted by atomic mass is 16.7. The Balaban J connectivity index is 2.19. The number of carbonyl (C=O) groups excluding carboxylic acids is 1. The van der Waals surface area contributed by atoms with Gasteiger partial charge in [-0.2, -0.15) is 0 Å². The normalized spacial score (nSPS) is 11.0. The van der Waals surface area contributed by atoms with Crippen molar-refractivity contribution in [3.05, 3.63) is 89.5 Å². The van der Waals surface area contributed by atoms with E-state index in [-0.39, 0.29) is 17.8 Å². The Hall–Kier alpha value is -3.60. The van der Waals surface area contributed by atoms with Crippen LogP contribution in [0.5, 0.6) is 5.75 Å². The van der Waals surface area contributed by atoms with E-state index in [4.69, 9.17) is 9.47 Å². The molecule has 0 saturated carbocycles. The Kier molecular flexibility index (Phi) is 6.21. The number of hydrogen-bond donors (Lipinski definition) is 1. The summed E-state index contributed by atoms with van der Waals surface area (Å²) in [4.78, 5) is 23.8. The summed E-state index contributed by atoms with van der Waals surface area (Å²) in [7, 11) is 0. The van der Waals surface area contributed by atoms with Crippen molar-refractivity contribution >= 4 is 12.1 Å². The van der Waals surface area contributed by atoms with Gasteiger partial charge in [-0.3, -0.25) is 0 Å². The highest BCUT2D eigenvalue weighted by Crippen LogP contribution is 2.39. The standard InChI is InChI=1S/C25H24O5/c1-4-29-23(26)20-13-9-8-12-19(20)21-16-18(14-15-22(21)30-24(27)28)25(2,3)17-10-6-5-7-11-17/h5-16H,4H2,1-3H3,(H,27,28). The molecule has 0 atom stereocenters. The highest BCUT2D eigenvalue weighted by Gasteiger charge is 2.26. The molecule has 30 heavy (non-hydrogen) atoms. The fourth-order valence-electron chi connectivity index (χ4n) is 3.44. The van der Waals surface area contributed by atoms with E-state index in [2.05, 4.69) is 13.8 Å². The maximum atomic E-state index is 12.5. The van der Waals surface area contributed by atoms with Crippen LogP contribution >= 0.6 is 0 Å². The van der Waals surface area contributed by atoms with E-state index in [0.29, 0.717) is 16.7 Å². The van der Waals surface area contributed by atoms with E-state index < -0.39 is 12.1 Å². The molecule has 0 aliphatic carbocycles. The highest BCUT2D eigenvalue weighted by molar-refractivity contribution is 5.98. The van der Waals surface area contributed by atoms with Crippen molar-refractivity contribution in [2.75, 3.05) is 6.61 Å². The zero-order valence-corrected chi connectivity index (χ0v) is 17.2. The van der Waals surface area contributed by atoms with Crippen LogP contribution in [0.3, 0.4) is 0 Å². The van der Waals surface area contributed by atoms with Gasteiger partial charge >= 0.3 is 12.1 Å². The Morgan fingerprint density at radius 1 is 0.867 bits per heavy atom. The Morgan fingerprint density at radius 3 is 2.20 bits per heavy atom. The van der Waals surface area contributed by atoms with Crippen LogP contribution in [-0.2, 0) is 10.2 Å². The molecule has 3 aromatic carbocycles. The summed E-state index contributed by atoms with van der Waals surface area (Å²) in [6.45, 7) is 6.17. The third-order valence-corrected chi connectivity index (χ3v) is 5.11. The largest absolute Gasteiger partial charge is 0.511 e. The third kappa shape index (κ3) is 4.35. The quantitative estimate of drug-likeness (QED) is 0.408. The average molecular weight is 404 g/mol. The second-order valence-corrected chi connectivity index (χ2v) is 7.34. The zero-order valence-electron chi connectivity index (χ0n) is 17.2. The second-order valence-electron chi connectivity index (χ2n) is 7.34. The predicted octanol–water partition coefficient (Wildman–Crippen LogP) is 5.91. The summed E-state index contributed by atoms with van der Waals surface area (Å²) in [6, 6.07) is 22.3. The van der Waals surface area contributed by atoms with Crippen LogP contribution in [0.1, 0.15) is 42.3 Å². The maximum absolute atomic E-state index is 12.5. The van der Waals surface area contributed by atoms with Crippen LogP contribution in [0.15, 0.2) is 72.8 Å². The van der Waals surface area contributed by atoms with E-state index in [1.165, 1.54) is 0 Å². The fourth-order valence-corrected chi connectivity index (χ4v) is 3.44. The number of rotatable bonds is 6. The van der Waals surface area contributed by atoms with Crippen LogP contribution in [0.25, 0.3) is 11.1 Å². The number of carboxylic acid groups (broad SMARTS) is 1. The van der Waals surface area contributed by atoms with E-state index in [1.54, 1.807) is 37.3 Å². The summed E-state index contributed by atoms with van der Waals surface area (Å²) in [5, 5.41) is 9.19. The maximum Gasteiger partial charge on any atom is 0.511 e. The molecule has 1 N–H and O–H groups in total. The fraction of sp³-hybridized carbons (Fsp3) is 0.200. The topological polar surface area (TPSA) is 72.8 Å². The van der Waals surface area contributed by atoms with Crippen molar-refractivity contribution in [3.8, 4) is 16.9 Å². The Morgan fingerprint density at radius 2 is 1.53 bits per heavy atom. The number of ether oxygens (including phenoxy) is 2. The van der Waals surface area contributed by atoms with Gasteiger partial charge < -0.3 is 14.6 Å². The number of esters is 1. The molecule has 3 aromatic rings. The summed E-state index contributed by atoms with van der Waals surface area (Å²) < 4.78 is 10.2. The molecule has 0 aliphatic rings. The van der Waals surface area contributed by atoms with Crippen LogP contribution in [0.2, 0.25) is 0 Å². The van der Waals surface area contributed by atoms with Crippen LogP contribution in [0.4, 0.5) is 4.79 Å². The SMILES string of the molecule is CCOC(=O)c1ccccc1-c1cc(C(C)(C)c2ccccc2)ccc1OC(=O)O. The van der Waals surface area contributed by atoms with Crippen LogP contribution in [-0.4, -0.2) is 23.8 Å². The first-order valence-electron chi connectivity index (χ1n) is 9.72. The molecule has 0 unspecified atom stereocenters. The molecule has 0 fully saturated rings. The van der Waals surface area contributed by atoms with Gasteiger partial charge in [-0.15, -0.1) is 0 Å². The predicted molar refractivity (Wildman–Crippen MR) is 115 cm³/mol. The van der Waals surface area contributed by atoms with Crippen molar-refractivity contribution in [1.82, 2.24) is 0 Å². The average Bonchev–Trinajstić information content (AvgIpc) is 2.74. The molecule has 0 spiro atoms. The minimum Gasteiger partial charge on any atom is -0.462 e. The molecule has 5 heteroatoms. The van der Waals surface area contributed by atoms with E-state index in [0.717, 1.165) is 11.1 Å². The van der Waals surface area contributed by atoms with Gasteiger partial charge in [0.05, 0.1) is 12.2 Å². The van der Waals surface area contributed by atoms with Crippen molar-refractivity contribution < 1.29 is 24.2 Å². The third-order valence-electron chi connectivity index (χ3n) is 5.11. The lowest BCUT2D eigenvalue weighted by Gasteiger charge is -2.27. The molecular weight excluding hydrogens is 380 g/mol. The zero-order chi connectivity index (χ0) is 21.7. The first kappa shape index (κ1) is 21.1. The molecule has 0 radical (unpaired) electrons. The van der Waals surface area contributed by atoms with Gasteiger partial charge in [0.1, 0.15) is 5.75 Å². The second kappa shape index (κ2) is 8.82. The van der Waals surface area contributed by atoms with Gasteiger partial charge in [0, 0.05) is 11.0 Å². The van der Waals surface area contributed by atoms with Gasteiger partial charge in [0.15, 0.2) is 0 Å². The van der Waals surface area contributed by atoms with Crippen molar-refractivity contribution in [2.45, 2.75) is 26.2 Å². The molecule has 154 valence electrons. The minimum absolute atomic E-state index is 0.159. The van der Waals surface area contributed by atoms with Gasteiger partial charge in [-0.25, -0.2) is 9.59 Å². The number of hydrogen-bond acceptors (Lipinski definition) is 4. The van der Waals surface area contributed by atoms with Gasteiger partial charge in [-0.1, -0.05) is 68.4 Å². The van der Waals surface area contributed by atoms with Crippen LogP contribution in [0, 0.1) is 0 Å². The lowest BCUT2D eigenvalue weighted by molar-refractivity contribution is 0.0527. The number of carbonyl (C=O) groups is 2. The lowest BCUT2D eigenvalue weighted by atomic mass is 9.77. The molecule has 0 amide bonds. The summed E-state index contributed by atoms with van der Waals surface area (Å²) in [6.07, 6.45) is -1.42. The molecule has 3 rings (SSSR count). The molecule has 0 aromatic heterocycles. The molecule has 0 heterocycles. The molecule has 0 aliphatic heterocycles. The molecule has 5 nitrogen and oxygen atoms in total. The summed E-state index contributed by atoms with van der Waals surface area (Å²) in [5.41, 5.74) is 3.14. The Bertz CT molecular complexity index is 1050. The smallest absolute Gasteiger partial charge is 0.462 e. The molecule has 0 saturated heterocycles. The van der Waals surface area contributed by atoms with Crippen molar-refractivity contribution in [1.29, 1.82) is 0 Å². The van der Waals surface area contributed by atoms with Crippen molar-refractivity contribution in [3.63, 3.8) is 0 Å². The van der Waals surface area contributed by atoms with Gasteiger partial charge in [0.25, 0.3) is 0 Å². The first-order valence-corrected chi connectivity index (χ1v) is 9.72. The minimum atomic E-state index is -1.42. The van der Waals surface area contributed by atoms with Crippen molar-refractivity contribution in [2.24, 2.45) is 0 Å². The van der Waals surface area contributed by atoms with Gasteiger partial charge in [0.2, 0.25) is 0 Å². The summed E-state index contributed by atoms with van der Waals surface area (Å²) >= 11 is 0. The molecular formula is C25H24O5. The summed E-state index contributed by atoms with van der Waals surface area (Å²) in [5.74, 6) is -0.311. The van der Waals surface area contributed by atoms with E-state index >= 15 is 0 Å². The lowest BCUT2D eigenvalue weighted by Crippen LogP contribution is -2.19. The van der Waals surface area contributed by atoms with Crippen LogP contribution < -0.4 is 4.74 Å². The first-order chi connectivity index (χ1) is 14.3.